The molecule has 0 aliphatic heterocycles. The number of unbranched alkanes of at least 4 members (excludes halogenated alkanes) is 1. The maximum absolute atomic E-state index is 10.1. The van der Waals surface area contributed by atoms with Crippen molar-refractivity contribution in [1.82, 2.24) is 0 Å². The highest BCUT2D eigenvalue weighted by atomic mass is 35.5. The van der Waals surface area contributed by atoms with Crippen LogP contribution in [-0.4, -0.2) is 16.6 Å². The SMILES string of the molecule is CC(C)CCCC(C)CCCC(C)CCCCC(C)(O)CCCl. The summed E-state index contributed by atoms with van der Waals surface area (Å²) in [6.45, 7) is 11.4. The Morgan fingerprint density at radius 3 is 1.70 bits per heavy atom. The van der Waals surface area contributed by atoms with Gasteiger partial charge in [0.15, 0.2) is 0 Å². The predicted molar refractivity (Wildman–Crippen MR) is 105 cm³/mol. The Kier molecular flexibility index (Phi) is 13.7. The van der Waals surface area contributed by atoms with E-state index >= 15 is 0 Å². The third kappa shape index (κ3) is 15.5. The fourth-order valence-corrected chi connectivity index (χ4v) is 3.71. The van der Waals surface area contributed by atoms with Gasteiger partial charge in [-0.15, -0.1) is 11.6 Å². The first kappa shape index (κ1) is 23.2. The van der Waals surface area contributed by atoms with Gasteiger partial charge < -0.3 is 5.11 Å². The van der Waals surface area contributed by atoms with Crippen molar-refractivity contribution in [3.8, 4) is 0 Å². The lowest BCUT2D eigenvalue weighted by Crippen LogP contribution is -2.24. The van der Waals surface area contributed by atoms with Gasteiger partial charge in [0.25, 0.3) is 0 Å². The van der Waals surface area contributed by atoms with Gasteiger partial charge in [0.05, 0.1) is 5.60 Å². The topological polar surface area (TPSA) is 20.2 Å². The molecule has 0 bridgehead atoms. The van der Waals surface area contributed by atoms with E-state index in [-0.39, 0.29) is 0 Å². The highest BCUT2D eigenvalue weighted by Crippen LogP contribution is 2.23. The van der Waals surface area contributed by atoms with Crippen LogP contribution in [0.25, 0.3) is 0 Å². The van der Waals surface area contributed by atoms with Crippen LogP contribution < -0.4 is 0 Å². The Morgan fingerprint density at radius 1 is 0.739 bits per heavy atom. The molecule has 23 heavy (non-hydrogen) atoms. The van der Waals surface area contributed by atoms with Crippen LogP contribution in [0, 0.1) is 17.8 Å². The molecule has 1 nitrogen and oxygen atoms in total. The Balaban J connectivity index is 3.55. The zero-order chi connectivity index (χ0) is 17.7. The van der Waals surface area contributed by atoms with E-state index in [0.29, 0.717) is 12.3 Å². The second kappa shape index (κ2) is 13.5. The second-order valence-corrected chi connectivity index (χ2v) is 9.03. The van der Waals surface area contributed by atoms with E-state index in [2.05, 4.69) is 27.7 Å². The zero-order valence-electron chi connectivity index (χ0n) is 16.5. The lowest BCUT2D eigenvalue weighted by Gasteiger charge is -2.22. The van der Waals surface area contributed by atoms with Crippen LogP contribution in [0.15, 0.2) is 0 Å². The number of halogens is 1. The molecule has 0 aromatic heterocycles. The van der Waals surface area contributed by atoms with E-state index in [9.17, 15) is 5.11 Å². The van der Waals surface area contributed by atoms with Crippen molar-refractivity contribution < 1.29 is 5.11 Å². The summed E-state index contributed by atoms with van der Waals surface area (Å²) in [7, 11) is 0. The highest BCUT2D eigenvalue weighted by molar-refractivity contribution is 6.17. The first-order chi connectivity index (χ1) is 10.8. The minimum atomic E-state index is -0.559. The Hall–Kier alpha value is 0.250. The molecule has 0 amide bonds. The molecule has 3 unspecified atom stereocenters. The van der Waals surface area contributed by atoms with Crippen molar-refractivity contribution in [3.05, 3.63) is 0 Å². The predicted octanol–water partition coefficient (Wildman–Crippen LogP) is 7.20. The monoisotopic (exact) mass is 346 g/mol. The van der Waals surface area contributed by atoms with Crippen LogP contribution in [0.5, 0.6) is 0 Å². The van der Waals surface area contributed by atoms with E-state index in [1.807, 2.05) is 6.92 Å². The molecule has 0 aromatic rings. The molecule has 140 valence electrons. The van der Waals surface area contributed by atoms with E-state index in [1.54, 1.807) is 0 Å². The van der Waals surface area contributed by atoms with Gasteiger partial charge in [0, 0.05) is 5.88 Å². The molecule has 1 N–H and O–H groups in total. The molecule has 0 aliphatic carbocycles. The van der Waals surface area contributed by atoms with Crippen LogP contribution in [-0.2, 0) is 0 Å². The van der Waals surface area contributed by atoms with Crippen LogP contribution in [0.4, 0.5) is 0 Å². The van der Waals surface area contributed by atoms with Crippen LogP contribution >= 0.6 is 11.6 Å². The molecular weight excluding hydrogens is 304 g/mol. The minimum Gasteiger partial charge on any atom is -0.390 e. The third-order valence-corrected chi connectivity index (χ3v) is 5.36. The number of alkyl halides is 1. The molecule has 0 aromatic carbocycles. The van der Waals surface area contributed by atoms with Gasteiger partial charge in [-0.1, -0.05) is 85.5 Å². The van der Waals surface area contributed by atoms with E-state index in [4.69, 9.17) is 11.6 Å². The molecule has 0 rings (SSSR count). The van der Waals surface area contributed by atoms with Crippen molar-refractivity contribution in [3.63, 3.8) is 0 Å². The molecule has 3 atom stereocenters. The average molecular weight is 347 g/mol. The first-order valence-electron chi connectivity index (χ1n) is 10.0. The summed E-state index contributed by atoms with van der Waals surface area (Å²) in [5.74, 6) is 3.13. The van der Waals surface area contributed by atoms with Crippen LogP contribution in [0.1, 0.15) is 105 Å². The van der Waals surface area contributed by atoms with Crippen LogP contribution in [0.2, 0.25) is 0 Å². The van der Waals surface area contributed by atoms with Gasteiger partial charge in [0.2, 0.25) is 0 Å². The number of rotatable bonds is 15. The molecule has 0 radical (unpaired) electrons. The van der Waals surface area contributed by atoms with Gasteiger partial charge in [-0.2, -0.15) is 0 Å². The Bertz CT molecular complexity index is 263. The number of hydrogen-bond acceptors (Lipinski definition) is 1. The maximum Gasteiger partial charge on any atom is 0.0631 e. The maximum atomic E-state index is 10.1. The van der Waals surface area contributed by atoms with Crippen molar-refractivity contribution in [2.45, 2.75) is 111 Å². The Labute approximate surface area is 151 Å². The van der Waals surface area contributed by atoms with Crippen molar-refractivity contribution in [1.29, 1.82) is 0 Å². The summed E-state index contributed by atoms with van der Waals surface area (Å²) in [4.78, 5) is 0. The van der Waals surface area contributed by atoms with Crippen LogP contribution in [0.3, 0.4) is 0 Å². The van der Waals surface area contributed by atoms with Gasteiger partial charge in [-0.05, 0) is 37.5 Å². The summed E-state index contributed by atoms with van der Waals surface area (Å²) in [5, 5.41) is 10.1. The molecule has 0 saturated carbocycles. The second-order valence-electron chi connectivity index (χ2n) is 8.65. The number of aliphatic hydroxyl groups is 1. The average Bonchev–Trinajstić information content (AvgIpc) is 2.43. The molecular formula is C21H43ClO. The molecule has 0 spiro atoms. The number of hydrogen-bond donors (Lipinski definition) is 1. The summed E-state index contributed by atoms with van der Waals surface area (Å²) < 4.78 is 0. The molecule has 2 heteroatoms. The van der Waals surface area contributed by atoms with Crippen molar-refractivity contribution in [2.75, 3.05) is 5.88 Å². The normalized spacial score (nSPS) is 17.2. The van der Waals surface area contributed by atoms with Crippen molar-refractivity contribution >= 4 is 11.6 Å². The molecule has 0 aliphatic rings. The third-order valence-electron chi connectivity index (χ3n) is 5.17. The zero-order valence-corrected chi connectivity index (χ0v) is 17.3. The standard InChI is InChI=1S/C21H43ClO/c1-18(2)10-8-12-20(4)14-9-13-19(3)11-6-7-15-21(5,23)16-17-22/h18-20,23H,6-17H2,1-5H3. The van der Waals surface area contributed by atoms with Gasteiger partial charge in [-0.3, -0.25) is 0 Å². The molecule has 0 heterocycles. The minimum absolute atomic E-state index is 0.554. The summed E-state index contributed by atoms with van der Waals surface area (Å²) >= 11 is 5.72. The summed E-state index contributed by atoms with van der Waals surface area (Å²) in [6.07, 6.45) is 13.6. The molecule has 0 saturated heterocycles. The van der Waals surface area contributed by atoms with Gasteiger partial charge in [-0.25, -0.2) is 0 Å². The van der Waals surface area contributed by atoms with Gasteiger partial charge in [0.1, 0.15) is 0 Å². The fourth-order valence-electron chi connectivity index (χ4n) is 3.31. The smallest absolute Gasteiger partial charge is 0.0631 e. The van der Waals surface area contributed by atoms with Crippen molar-refractivity contribution in [2.24, 2.45) is 17.8 Å². The fraction of sp³-hybridized carbons (Fsp3) is 1.00. The quantitative estimate of drug-likeness (QED) is 0.245. The Morgan fingerprint density at radius 2 is 1.22 bits per heavy atom. The van der Waals surface area contributed by atoms with Gasteiger partial charge >= 0.3 is 0 Å². The summed E-state index contributed by atoms with van der Waals surface area (Å²) in [5.41, 5.74) is -0.559. The van der Waals surface area contributed by atoms with E-state index in [1.165, 1.54) is 51.4 Å². The highest BCUT2D eigenvalue weighted by Gasteiger charge is 2.18. The lowest BCUT2D eigenvalue weighted by atomic mass is 9.90. The summed E-state index contributed by atoms with van der Waals surface area (Å²) in [6, 6.07) is 0. The molecule has 0 fully saturated rings. The van der Waals surface area contributed by atoms with E-state index in [0.717, 1.165) is 30.6 Å². The largest absolute Gasteiger partial charge is 0.390 e. The first-order valence-corrected chi connectivity index (χ1v) is 10.6. The lowest BCUT2D eigenvalue weighted by molar-refractivity contribution is 0.0448. The van der Waals surface area contributed by atoms with E-state index < -0.39 is 5.60 Å².